The molecule has 0 radical (unpaired) electrons. The highest BCUT2D eigenvalue weighted by Gasteiger charge is 2.30. The molecule has 9 heteroatoms. The first-order valence-electron chi connectivity index (χ1n) is 7.42. The van der Waals surface area contributed by atoms with Gasteiger partial charge in [0.25, 0.3) is 0 Å². The lowest BCUT2D eigenvalue weighted by Crippen LogP contribution is -2.20. The van der Waals surface area contributed by atoms with Crippen LogP contribution in [-0.2, 0) is 15.7 Å². The van der Waals surface area contributed by atoms with Gasteiger partial charge in [-0.2, -0.15) is 13.2 Å². The summed E-state index contributed by atoms with van der Waals surface area (Å²) in [4.78, 5) is 11.4. The van der Waals surface area contributed by atoms with Gasteiger partial charge in [-0.3, -0.25) is 4.79 Å². The van der Waals surface area contributed by atoms with Gasteiger partial charge in [0.05, 0.1) is 5.56 Å². The zero-order valence-corrected chi connectivity index (χ0v) is 14.5. The molecule has 0 atom stereocenters. The molecule has 2 rings (SSSR count). The average Bonchev–Trinajstić information content (AvgIpc) is 2.56. The van der Waals surface area contributed by atoms with E-state index < -0.39 is 11.7 Å². The van der Waals surface area contributed by atoms with Crippen molar-refractivity contribution in [3.8, 4) is 0 Å². The highest BCUT2D eigenvalue weighted by atomic mass is 32.1. The lowest BCUT2D eigenvalue weighted by Gasteiger charge is -2.13. The number of rotatable bonds is 5. The summed E-state index contributed by atoms with van der Waals surface area (Å²) in [5, 5.41) is 8.33. The summed E-state index contributed by atoms with van der Waals surface area (Å²) in [7, 11) is 1.42. The van der Waals surface area contributed by atoms with Crippen LogP contribution >= 0.6 is 12.2 Å². The zero-order valence-electron chi connectivity index (χ0n) is 13.7. The molecule has 0 aliphatic carbocycles. The fourth-order valence-electron chi connectivity index (χ4n) is 2.03. The molecule has 0 unspecified atom stereocenters. The number of thiocarbonyl (C=S) groups is 1. The van der Waals surface area contributed by atoms with Crippen LogP contribution in [0.3, 0.4) is 0 Å². The molecule has 0 spiro atoms. The van der Waals surface area contributed by atoms with Gasteiger partial charge in [0.1, 0.15) is 6.61 Å². The van der Waals surface area contributed by atoms with Crippen molar-refractivity contribution in [3.05, 3.63) is 54.1 Å². The Labute approximate surface area is 153 Å². The predicted molar refractivity (Wildman–Crippen MR) is 98.2 cm³/mol. The van der Waals surface area contributed by atoms with Crippen molar-refractivity contribution < 1.29 is 22.7 Å². The molecule has 0 bridgehead atoms. The summed E-state index contributed by atoms with van der Waals surface area (Å²) in [6, 6.07) is 11.4. The molecule has 0 heterocycles. The standard InChI is InChI=1S/C17H16F3N3O2S/c1-25-10-15(24)21-12-5-7-13(8-6-12)22-16(26)23-14-4-2-3-11(9-14)17(18,19)20/h2-9H,10H2,1H3,(H,21,24)(H2,22,23,26). The van der Waals surface area contributed by atoms with Crippen LogP contribution in [0.5, 0.6) is 0 Å². The fraction of sp³-hybridized carbons (Fsp3) is 0.176. The Balaban J connectivity index is 1.95. The molecule has 0 saturated heterocycles. The van der Waals surface area contributed by atoms with E-state index in [1.54, 1.807) is 24.3 Å². The van der Waals surface area contributed by atoms with E-state index in [0.717, 1.165) is 12.1 Å². The van der Waals surface area contributed by atoms with Gasteiger partial charge in [0, 0.05) is 24.2 Å². The zero-order chi connectivity index (χ0) is 19.2. The van der Waals surface area contributed by atoms with Crippen molar-refractivity contribution in [3.63, 3.8) is 0 Å². The van der Waals surface area contributed by atoms with Crippen LogP contribution in [-0.4, -0.2) is 24.7 Å². The molecule has 0 saturated carbocycles. The Morgan fingerprint density at radius 1 is 1.00 bits per heavy atom. The van der Waals surface area contributed by atoms with Crippen LogP contribution in [0.4, 0.5) is 30.2 Å². The van der Waals surface area contributed by atoms with Crippen LogP contribution in [0.1, 0.15) is 5.56 Å². The second-order valence-electron chi connectivity index (χ2n) is 5.22. The summed E-state index contributed by atoms with van der Waals surface area (Å²) in [6.45, 7) is -0.0506. The third-order valence-corrected chi connectivity index (χ3v) is 3.35. The third kappa shape index (κ3) is 6.01. The molecule has 0 fully saturated rings. The van der Waals surface area contributed by atoms with Gasteiger partial charge in [0.2, 0.25) is 5.91 Å². The van der Waals surface area contributed by atoms with E-state index in [1.807, 2.05) is 0 Å². The van der Waals surface area contributed by atoms with E-state index in [4.69, 9.17) is 17.0 Å². The Bertz CT molecular complexity index is 780. The van der Waals surface area contributed by atoms with Gasteiger partial charge in [-0.1, -0.05) is 6.07 Å². The molecule has 2 aromatic carbocycles. The molecule has 0 aromatic heterocycles. The quantitative estimate of drug-likeness (QED) is 0.679. The van der Waals surface area contributed by atoms with Crippen LogP contribution < -0.4 is 16.0 Å². The van der Waals surface area contributed by atoms with Gasteiger partial charge in [-0.15, -0.1) is 0 Å². The number of nitrogens with one attached hydrogen (secondary N) is 3. The van der Waals surface area contributed by atoms with Crippen LogP contribution in [0, 0.1) is 0 Å². The van der Waals surface area contributed by atoms with Gasteiger partial charge in [-0.05, 0) is 54.7 Å². The number of carbonyl (C=O) groups excluding carboxylic acids is 1. The highest BCUT2D eigenvalue weighted by Crippen LogP contribution is 2.30. The first-order valence-corrected chi connectivity index (χ1v) is 7.83. The van der Waals surface area contributed by atoms with E-state index in [9.17, 15) is 18.0 Å². The number of methoxy groups -OCH3 is 1. The van der Waals surface area contributed by atoms with Crippen molar-refractivity contribution in [2.75, 3.05) is 29.7 Å². The van der Waals surface area contributed by atoms with Crippen molar-refractivity contribution in [1.29, 1.82) is 0 Å². The normalized spacial score (nSPS) is 10.9. The molecule has 0 aliphatic rings. The smallest absolute Gasteiger partial charge is 0.375 e. The average molecular weight is 383 g/mol. The number of hydrogen-bond donors (Lipinski definition) is 3. The summed E-state index contributed by atoms with van der Waals surface area (Å²) < 4.78 is 42.9. The number of carbonyl (C=O) groups is 1. The number of ether oxygens (including phenoxy) is 1. The summed E-state index contributed by atoms with van der Waals surface area (Å²) in [5.41, 5.74) is 0.649. The Morgan fingerprint density at radius 2 is 1.58 bits per heavy atom. The van der Waals surface area contributed by atoms with Crippen LogP contribution in [0.25, 0.3) is 0 Å². The molecule has 26 heavy (non-hydrogen) atoms. The van der Waals surface area contributed by atoms with Crippen molar-refractivity contribution in [2.45, 2.75) is 6.18 Å². The molecule has 2 aromatic rings. The van der Waals surface area contributed by atoms with E-state index >= 15 is 0 Å². The summed E-state index contributed by atoms with van der Waals surface area (Å²) in [5.74, 6) is -0.282. The van der Waals surface area contributed by atoms with E-state index in [2.05, 4.69) is 16.0 Å². The predicted octanol–water partition coefficient (Wildman–Crippen LogP) is 4.10. The number of hydrogen-bond acceptors (Lipinski definition) is 3. The van der Waals surface area contributed by atoms with Crippen molar-refractivity contribution in [1.82, 2.24) is 0 Å². The maximum atomic E-state index is 12.7. The molecule has 0 aliphatic heterocycles. The Kier molecular flexibility index (Phi) is 6.53. The SMILES string of the molecule is COCC(=O)Nc1ccc(NC(=S)Nc2cccc(C(F)(F)F)c2)cc1. The number of anilines is 3. The number of benzene rings is 2. The van der Waals surface area contributed by atoms with Crippen LogP contribution in [0.2, 0.25) is 0 Å². The van der Waals surface area contributed by atoms with Crippen molar-refractivity contribution in [2.24, 2.45) is 0 Å². The largest absolute Gasteiger partial charge is 0.416 e. The number of amides is 1. The molecule has 138 valence electrons. The minimum absolute atomic E-state index is 0.0506. The summed E-state index contributed by atoms with van der Waals surface area (Å²) >= 11 is 5.10. The first kappa shape index (κ1) is 19.7. The molecule has 1 amide bonds. The molecular weight excluding hydrogens is 367 g/mol. The Hall–Kier alpha value is -2.65. The van der Waals surface area contributed by atoms with E-state index in [1.165, 1.54) is 19.2 Å². The van der Waals surface area contributed by atoms with Crippen molar-refractivity contribution >= 4 is 40.3 Å². The molecule has 3 N–H and O–H groups in total. The topological polar surface area (TPSA) is 62.4 Å². The first-order chi connectivity index (χ1) is 12.3. The van der Waals surface area contributed by atoms with Crippen LogP contribution in [0.15, 0.2) is 48.5 Å². The maximum absolute atomic E-state index is 12.7. The van der Waals surface area contributed by atoms with Gasteiger partial charge < -0.3 is 20.7 Å². The second-order valence-corrected chi connectivity index (χ2v) is 5.62. The third-order valence-electron chi connectivity index (χ3n) is 3.15. The van der Waals surface area contributed by atoms with Gasteiger partial charge >= 0.3 is 6.18 Å². The lowest BCUT2D eigenvalue weighted by molar-refractivity contribution is -0.137. The van der Waals surface area contributed by atoms with Gasteiger partial charge in [-0.25, -0.2) is 0 Å². The highest BCUT2D eigenvalue weighted by molar-refractivity contribution is 7.80. The minimum Gasteiger partial charge on any atom is -0.375 e. The second kappa shape index (κ2) is 8.63. The molecule has 5 nitrogen and oxygen atoms in total. The number of alkyl halides is 3. The maximum Gasteiger partial charge on any atom is 0.416 e. The number of halogens is 3. The monoisotopic (exact) mass is 383 g/mol. The van der Waals surface area contributed by atoms with Gasteiger partial charge in [0.15, 0.2) is 5.11 Å². The van der Waals surface area contributed by atoms with E-state index in [-0.39, 0.29) is 23.3 Å². The van der Waals surface area contributed by atoms with E-state index in [0.29, 0.717) is 11.4 Å². The fourth-order valence-corrected chi connectivity index (χ4v) is 2.27. The Morgan fingerprint density at radius 3 is 2.15 bits per heavy atom. The lowest BCUT2D eigenvalue weighted by atomic mass is 10.2. The minimum atomic E-state index is -4.42. The molecular formula is C17H16F3N3O2S. The summed E-state index contributed by atoms with van der Waals surface area (Å²) in [6.07, 6.45) is -4.42.